The Morgan fingerprint density at radius 1 is 1.22 bits per heavy atom. The predicted molar refractivity (Wildman–Crippen MR) is 121 cm³/mol. The van der Waals surface area contributed by atoms with Crippen LogP contribution < -0.4 is 10.6 Å². The molecule has 2 fully saturated rings. The largest absolute Gasteiger partial charge is 0.444 e. The zero-order valence-electron chi connectivity index (χ0n) is 19.3. The van der Waals surface area contributed by atoms with Crippen LogP contribution in [0.4, 0.5) is 10.5 Å². The summed E-state index contributed by atoms with van der Waals surface area (Å²) in [6, 6.07) is 6.74. The summed E-state index contributed by atoms with van der Waals surface area (Å²) in [4.78, 5) is 41.6. The van der Waals surface area contributed by atoms with E-state index >= 15 is 0 Å². The molecule has 0 aliphatic carbocycles. The van der Waals surface area contributed by atoms with Crippen molar-refractivity contribution in [2.24, 2.45) is 0 Å². The standard InChI is InChI=1S/C23H34N4O5/c1-23(2,3)32-22(30)24-14-18-15-26(4)10-11-27(18)21(29)16-7-5-8-17(13-16)25-20(28)19-9-6-12-31-19/h5,7-8,13,18-19H,6,9-12,14-15H2,1-4H3,(H,24,30)(H,25,28)/t18-,19-/m0/s1. The Morgan fingerprint density at radius 3 is 2.69 bits per heavy atom. The van der Waals surface area contributed by atoms with Crippen LogP contribution in [-0.2, 0) is 14.3 Å². The van der Waals surface area contributed by atoms with Gasteiger partial charge < -0.3 is 29.9 Å². The third kappa shape index (κ3) is 6.67. The van der Waals surface area contributed by atoms with Crippen LogP contribution in [0.1, 0.15) is 44.0 Å². The number of hydrogen-bond donors (Lipinski definition) is 2. The average Bonchev–Trinajstić information content (AvgIpc) is 3.26. The fourth-order valence-electron chi connectivity index (χ4n) is 3.87. The molecule has 2 atom stereocenters. The molecule has 2 aliphatic heterocycles. The zero-order valence-corrected chi connectivity index (χ0v) is 19.3. The van der Waals surface area contributed by atoms with Crippen molar-refractivity contribution in [3.05, 3.63) is 29.8 Å². The summed E-state index contributed by atoms with van der Waals surface area (Å²) in [5.41, 5.74) is 0.466. The minimum absolute atomic E-state index is 0.137. The van der Waals surface area contributed by atoms with Gasteiger partial charge in [-0.2, -0.15) is 0 Å². The van der Waals surface area contributed by atoms with Gasteiger partial charge >= 0.3 is 6.09 Å². The topological polar surface area (TPSA) is 100 Å². The lowest BCUT2D eigenvalue weighted by Gasteiger charge is -2.40. The first-order valence-corrected chi connectivity index (χ1v) is 11.1. The van der Waals surface area contributed by atoms with Crippen molar-refractivity contribution < 1.29 is 23.9 Å². The first kappa shape index (κ1) is 24.0. The van der Waals surface area contributed by atoms with Crippen molar-refractivity contribution in [1.29, 1.82) is 0 Å². The molecule has 2 saturated heterocycles. The lowest BCUT2D eigenvalue weighted by molar-refractivity contribution is -0.124. The quantitative estimate of drug-likeness (QED) is 0.718. The first-order chi connectivity index (χ1) is 15.1. The van der Waals surface area contributed by atoms with Crippen LogP contribution in [0.25, 0.3) is 0 Å². The van der Waals surface area contributed by atoms with E-state index in [4.69, 9.17) is 9.47 Å². The molecule has 1 aromatic rings. The van der Waals surface area contributed by atoms with Crippen molar-refractivity contribution in [2.75, 3.05) is 45.2 Å². The van der Waals surface area contributed by atoms with Gasteiger partial charge in [-0.05, 0) is 58.9 Å². The Labute approximate surface area is 189 Å². The molecule has 176 valence electrons. The normalized spacial score (nSPS) is 21.8. The number of anilines is 1. The van der Waals surface area contributed by atoms with E-state index in [2.05, 4.69) is 15.5 Å². The monoisotopic (exact) mass is 446 g/mol. The number of alkyl carbamates (subject to hydrolysis) is 1. The number of amides is 3. The third-order valence-corrected chi connectivity index (χ3v) is 5.43. The minimum atomic E-state index is -0.586. The number of carbonyl (C=O) groups excluding carboxylic acids is 3. The highest BCUT2D eigenvalue weighted by atomic mass is 16.6. The van der Waals surface area contributed by atoms with Gasteiger partial charge in [0.25, 0.3) is 11.8 Å². The summed E-state index contributed by atoms with van der Waals surface area (Å²) in [5.74, 6) is -0.326. The predicted octanol–water partition coefficient (Wildman–Crippen LogP) is 2.08. The molecule has 9 heteroatoms. The molecule has 32 heavy (non-hydrogen) atoms. The second-order valence-electron chi connectivity index (χ2n) is 9.37. The molecule has 0 aromatic heterocycles. The van der Waals surface area contributed by atoms with Crippen LogP contribution in [0.2, 0.25) is 0 Å². The molecule has 9 nitrogen and oxygen atoms in total. The van der Waals surface area contributed by atoms with Crippen LogP contribution in [0.3, 0.4) is 0 Å². The fourth-order valence-corrected chi connectivity index (χ4v) is 3.87. The van der Waals surface area contributed by atoms with E-state index in [1.807, 2.05) is 7.05 Å². The van der Waals surface area contributed by atoms with Crippen LogP contribution in [0.15, 0.2) is 24.3 Å². The number of carbonyl (C=O) groups is 3. The van der Waals surface area contributed by atoms with E-state index in [1.54, 1.807) is 49.9 Å². The van der Waals surface area contributed by atoms with Gasteiger partial charge in [0.1, 0.15) is 11.7 Å². The third-order valence-electron chi connectivity index (χ3n) is 5.43. The van der Waals surface area contributed by atoms with Crippen LogP contribution in [0.5, 0.6) is 0 Å². The van der Waals surface area contributed by atoms with Crippen LogP contribution in [-0.4, -0.2) is 85.3 Å². The molecule has 2 aliphatic rings. The van der Waals surface area contributed by atoms with Gasteiger partial charge in [0.2, 0.25) is 0 Å². The Balaban J connectivity index is 1.65. The highest BCUT2D eigenvalue weighted by Gasteiger charge is 2.31. The van der Waals surface area contributed by atoms with Crippen molar-refractivity contribution in [2.45, 2.75) is 51.4 Å². The second kappa shape index (κ2) is 10.3. The van der Waals surface area contributed by atoms with Crippen molar-refractivity contribution in [1.82, 2.24) is 15.1 Å². The van der Waals surface area contributed by atoms with Gasteiger partial charge in [0, 0.05) is 44.0 Å². The molecule has 0 bridgehead atoms. The molecule has 0 spiro atoms. The van der Waals surface area contributed by atoms with Crippen molar-refractivity contribution >= 4 is 23.6 Å². The molecular weight excluding hydrogens is 412 g/mol. The summed E-state index contributed by atoms with van der Waals surface area (Å²) in [6.45, 7) is 8.23. The number of likely N-dealkylation sites (N-methyl/N-ethyl adjacent to an activating group) is 1. The lowest BCUT2D eigenvalue weighted by atomic mass is 10.1. The van der Waals surface area contributed by atoms with E-state index in [0.717, 1.165) is 13.0 Å². The second-order valence-corrected chi connectivity index (χ2v) is 9.37. The molecule has 0 radical (unpaired) electrons. The summed E-state index contributed by atoms with van der Waals surface area (Å²) in [5, 5.41) is 5.63. The Morgan fingerprint density at radius 2 is 2.00 bits per heavy atom. The van der Waals surface area contributed by atoms with E-state index in [9.17, 15) is 14.4 Å². The molecule has 1 aromatic carbocycles. The Kier molecular flexibility index (Phi) is 7.73. The first-order valence-electron chi connectivity index (χ1n) is 11.1. The Hall–Kier alpha value is -2.65. The van der Waals surface area contributed by atoms with E-state index in [0.29, 0.717) is 43.9 Å². The average molecular weight is 447 g/mol. The van der Waals surface area contributed by atoms with Gasteiger partial charge in [-0.1, -0.05) is 6.07 Å². The minimum Gasteiger partial charge on any atom is -0.444 e. The maximum Gasteiger partial charge on any atom is 0.407 e. The van der Waals surface area contributed by atoms with Crippen LogP contribution >= 0.6 is 0 Å². The van der Waals surface area contributed by atoms with Crippen molar-refractivity contribution in [3.8, 4) is 0 Å². The number of ether oxygens (including phenoxy) is 2. The summed E-state index contributed by atoms with van der Waals surface area (Å²) in [7, 11) is 1.99. The van der Waals surface area contributed by atoms with Gasteiger partial charge in [-0.15, -0.1) is 0 Å². The number of nitrogens with one attached hydrogen (secondary N) is 2. The molecule has 3 amide bonds. The van der Waals surface area contributed by atoms with E-state index < -0.39 is 17.8 Å². The highest BCUT2D eigenvalue weighted by Crippen LogP contribution is 2.19. The number of hydrogen-bond acceptors (Lipinski definition) is 6. The van der Waals surface area contributed by atoms with Crippen LogP contribution in [0, 0.1) is 0 Å². The van der Waals surface area contributed by atoms with E-state index in [-0.39, 0.29) is 17.9 Å². The number of rotatable bonds is 5. The zero-order chi connectivity index (χ0) is 23.3. The molecule has 2 N–H and O–H groups in total. The number of nitrogens with zero attached hydrogens (tertiary/aromatic N) is 2. The molecule has 3 rings (SSSR count). The van der Waals surface area contributed by atoms with E-state index in [1.165, 1.54) is 0 Å². The Bertz CT molecular complexity index is 832. The summed E-state index contributed by atoms with van der Waals surface area (Å²) >= 11 is 0. The van der Waals surface area contributed by atoms with Gasteiger partial charge in [-0.25, -0.2) is 4.79 Å². The number of benzene rings is 1. The van der Waals surface area contributed by atoms with Crippen molar-refractivity contribution in [3.63, 3.8) is 0 Å². The lowest BCUT2D eigenvalue weighted by Crippen LogP contribution is -2.58. The van der Waals surface area contributed by atoms with Gasteiger partial charge in [0.05, 0.1) is 6.04 Å². The van der Waals surface area contributed by atoms with Gasteiger partial charge in [-0.3, -0.25) is 9.59 Å². The molecule has 0 saturated carbocycles. The maximum absolute atomic E-state index is 13.3. The molecule has 0 unspecified atom stereocenters. The highest BCUT2D eigenvalue weighted by molar-refractivity contribution is 5.98. The summed E-state index contributed by atoms with van der Waals surface area (Å²) < 4.78 is 10.7. The SMILES string of the molecule is CN1CCN(C(=O)c2cccc(NC(=O)[C@@H]3CCCO3)c2)[C@@H](CNC(=O)OC(C)(C)C)C1. The smallest absolute Gasteiger partial charge is 0.407 e. The molecular formula is C23H34N4O5. The van der Waals surface area contributed by atoms with Gasteiger partial charge in [0.15, 0.2) is 0 Å². The number of piperazine rings is 1. The fraction of sp³-hybridized carbons (Fsp3) is 0.609. The summed E-state index contributed by atoms with van der Waals surface area (Å²) in [6.07, 6.45) is 0.642. The molecule has 2 heterocycles. The maximum atomic E-state index is 13.3.